The van der Waals surface area contributed by atoms with Gasteiger partial charge in [0.15, 0.2) is 0 Å². The van der Waals surface area contributed by atoms with E-state index in [1.807, 2.05) is 0 Å². The van der Waals surface area contributed by atoms with Crippen LogP contribution in [0.4, 0.5) is 22.0 Å². The van der Waals surface area contributed by atoms with Crippen LogP contribution >= 0.6 is 0 Å². The van der Waals surface area contributed by atoms with E-state index in [0.29, 0.717) is 0 Å². The van der Waals surface area contributed by atoms with Crippen LogP contribution in [0.15, 0.2) is 0 Å². The fourth-order valence-electron chi connectivity index (χ4n) is 1.40. The minimum Gasteiger partial charge on any atom is -0.453 e. The lowest BCUT2D eigenvalue weighted by atomic mass is 9.91. The van der Waals surface area contributed by atoms with Crippen molar-refractivity contribution in [3.8, 4) is 0 Å². The molecule has 10 heteroatoms. The van der Waals surface area contributed by atoms with Crippen LogP contribution in [0.1, 0.15) is 61.3 Å². The van der Waals surface area contributed by atoms with E-state index < -0.39 is 53.9 Å². The molecule has 0 saturated heterocycles. The minimum atomic E-state index is -4.52. The molecule has 0 aromatic carbocycles. The largest absolute Gasteiger partial charge is 0.468 e. The molecular formula is C17H27F5O5. The van der Waals surface area contributed by atoms with Crippen molar-refractivity contribution in [1.29, 1.82) is 0 Å². The maximum absolute atomic E-state index is 14.9. The number of ether oxygens (including phenoxy) is 3. The van der Waals surface area contributed by atoms with Gasteiger partial charge in [0.05, 0.1) is 12.0 Å². The average Bonchev–Trinajstić information content (AvgIpc) is 2.43. The molecule has 0 spiro atoms. The Morgan fingerprint density at radius 1 is 0.815 bits per heavy atom. The highest BCUT2D eigenvalue weighted by Gasteiger charge is 2.54. The molecule has 27 heavy (non-hydrogen) atoms. The molecule has 0 aliphatic rings. The molecule has 0 aliphatic carbocycles. The number of carbonyl (C=O) groups excluding carboxylic acids is 2. The number of carbonyl (C=O) groups is 2. The standard InChI is InChI=1S/C17H27F5O5/c1-8-14(5,6)11(23)27-17(22,12(24)26-13(2,3)4)25-10-9-16(20,21)15(7,18)19/h8-10H2,1-7H3. The molecule has 0 heterocycles. The summed E-state index contributed by atoms with van der Waals surface area (Å²) >= 11 is 0. The Bertz CT molecular complexity index is 537. The fraction of sp³-hybridized carbons (Fsp3) is 0.882. The van der Waals surface area contributed by atoms with Crippen LogP contribution in [-0.4, -0.2) is 42.0 Å². The zero-order valence-electron chi connectivity index (χ0n) is 16.6. The lowest BCUT2D eigenvalue weighted by Crippen LogP contribution is -2.49. The third-order valence-electron chi connectivity index (χ3n) is 3.65. The summed E-state index contributed by atoms with van der Waals surface area (Å²) in [5, 5.41) is 0. The van der Waals surface area contributed by atoms with Gasteiger partial charge in [0, 0.05) is 13.3 Å². The van der Waals surface area contributed by atoms with Crippen LogP contribution in [0.5, 0.6) is 0 Å². The van der Waals surface area contributed by atoms with E-state index in [9.17, 15) is 31.5 Å². The lowest BCUT2D eigenvalue weighted by Gasteiger charge is -2.31. The van der Waals surface area contributed by atoms with Crippen LogP contribution in [0.2, 0.25) is 0 Å². The molecule has 0 radical (unpaired) electrons. The van der Waals surface area contributed by atoms with Gasteiger partial charge >= 0.3 is 29.8 Å². The van der Waals surface area contributed by atoms with Crippen LogP contribution in [-0.2, 0) is 23.8 Å². The Labute approximate surface area is 155 Å². The summed E-state index contributed by atoms with van der Waals surface area (Å²) in [5.74, 6) is -11.9. The second kappa shape index (κ2) is 8.28. The molecule has 160 valence electrons. The van der Waals surface area contributed by atoms with E-state index >= 15 is 0 Å². The first kappa shape index (κ1) is 25.6. The maximum Gasteiger partial charge on any atom is 0.468 e. The van der Waals surface area contributed by atoms with Crippen LogP contribution in [0.25, 0.3) is 0 Å². The van der Waals surface area contributed by atoms with Gasteiger partial charge in [0.2, 0.25) is 0 Å². The van der Waals surface area contributed by atoms with Crippen LogP contribution < -0.4 is 0 Å². The summed E-state index contributed by atoms with van der Waals surface area (Å²) in [6.07, 6.45) is -1.41. The molecule has 0 bridgehead atoms. The first-order valence-electron chi connectivity index (χ1n) is 8.33. The van der Waals surface area contributed by atoms with Gasteiger partial charge in [-0.2, -0.15) is 13.2 Å². The third-order valence-corrected chi connectivity index (χ3v) is 3.65. The van der Waals surface area contributed by atoms with Crippen molar-refractivity contribution in [2.75, 3.05) is 6.61 Å². The molecule has 0 aromatic heterocycles. The van der Waals surface area contributed by atoms with Gasteiger partial charge in [-0.15, -0.1) is 0 Å². The topological polar surface area (TPSA) is 61.8 Å². The monoisotopic (exact) mass is 406 g/mol. The number of hydrogen-bond donors (Lipinski definition) is 0. The number of halogens is 5. The molecule has 0 rings (SSSR count). The minimum absolute atomic E-state index is 0.00659. The predicted octanol–water partition coefficient (Wildman–Crippen LogP) is 4.63. The zero-order valence-corrected chi connectivity index (χ0v) is 16.6. The van der Waals surface area contributed by atoms with E-state index in [4.69, 9.17) is 4.74 Å². The average molecular weight is 406 g/mol. The highest BCUT2D eigenvalue weighted by atomic mass is 19.3. The van der Waals surface area contributed by atoms with Gasteiger partial charge < -0.3 is 14.2 Å². The van der Waals surface area contributed by atoms with Gasteiger partial charge in [0.1, 0.15) is 5.60 Å². The lowest BCUT2D eigenvalue weighted by molar-refractivity contribution is -0.309. The number of hydrogen-bond acceptors (Lipinski definition) is 5. The number of alkyl halides is 5. The number of rotatable bonds is 9. The zero-order chi connectivity index (χ0) is 21.9. The third kappa shape index (κ3) is 7.59. The van der Waals surface area contributed by atoms with Gasteiger partial charge in [-0.3, -0.25) is 4.79 Å². The molecule has 0 saturated carbocycles. The SMILES string of the molecule is CCC(C)(C)C(=O)OC(F)(OCCC(F)(F)C(C)(F)F)C(=O)OC(C)(C)C. The van der Waals surface area contributed by atoms with Gasteiger partial charge in [0.25, 0.3) is 0 Å². The fourth-order valence-corrected chi connectivity index (χ4v) is 1.40. The Morgan fingerprint density at radius 2 is 1.30 bits per heavy atom. The Kier molecular flexibility index (Phi) is 7.84. The van der Waals surface area contributed by atoms with E-state index in [1.54, 1.807) is 6.92 Å². The summed E-state index contributed by atoms with van der Waals surface area (Å²) in [5.41, 5.74) is -2.44. The Hall–Kier alpha value is -1.45. The van der Waals surface area contributed by atoms with Crippen molar-refractivity contribution in [1.82, 2.24) is 0 Å². The first-order chi connectivity index (χ1) is 11.8. The quantitative estimate of drug-likeness (QED) is 0.317. The van der Waals surface area contributed by atoms with Crippen molar-refractivity contribution in [3.05, 3.63) is 0 Å². The van der Waals surface area contributed by atoms with Crippen molar-refractivity contribution in [3.63, 3.8) is 0 Å². The van der Waals surface area contributed by atoms with E-state index in [2.05, 4.69) is 9.47 Å². The molecular weight excluding hydrogens is 379 g/mol. The summed E-state index contributed by atoms with van der Waals surface area (Å²) in [7, 11) is 0. The van der Waals surface area contributed by atoms with Gasteiger partial charge in [-0.05, 0) is 41.0 Å². The Morgan fingerprint density at radius 3 is 1.67 bits per heavy atom. The van der Waals surface area contributed by atoms with Crippen molar-refractivity contribution < 1.29 is 45.8 Å². The Balaban J connectivity index is 5.42. The molecule has 0 aromatic rings. The van der Waals surface area contributed by atoms with Crippen molar-refractivity contribution >= 4 is 11.9 Å². The highest BCUT2D eigenvalue weighted by molar-refractivity contribution is 5.83. The molecule has 0 fully saturated rings. The molecule has 0 aliphatic heterocycles. The van der Waals surface area contributed by atoms with Gasteiger partial charge in [-0.25, -0.2) is 13.6 Å². The van der Waals surface area contributed by atoms with Crippen molar-refractivity contribution in [2.45, 2.75) is 84.8 Å². The molecule has 1 atom stereocenters. The molecule has 5 nitrogen and oxygen atoms in total. The summed E-state index contributed by atoms with van der Waals surface area (Å²) in [6.45, 7) is 7.21. The van der Waals surface area contributed by atoms with E-state index in [-0.39, 0.29) is 13.3 Å². The second-order valence-corrected chi connectivity index (χ2v) is 7.86. The maximum atomic E-state index is 14.9. The predicted molar refractivity (Wildman–Crippen MR) is 86.0 cm³/mol. The molecule has 0 amide bonds. The normalized spacial score (nSPS) is 15.9. The van der Waals surface area contributed by atoms with Crippen LogP contribution in [0, 0.1) is 5.41 Å². The molecule has 1 unspecified atom stereocenters. The number of esters is 2. The highest BCUT2D eigenvalue weighted by Crippen LogP contribution is 2.37. The summed E-state index contributed by atoms with van der Waals surface area (Å²) in [4.78, 5) is 24.1. The first-order valence-corrected chi connectivity index (χ1v) is 8.33. The summed E-state index contributed by atoms with van der Waals surface area (Å²) < 4.78 is 80.8. The van der Waals surface area contributed by atoms with Crippen LogP contribution in [0.3, 0.4) is 0 Å². The molecule has 0 N–H and O–H groups in total. The van der Waals surface area contributed by atoms with E-state index in [1.165, 1.54) is 34.6 Å². The van der Waals surface area contributed by atoms with Gasteiger partial charge in [-0.1, -0.05) is 6.92 Å². The second-order valence-electron chi connectivity index (χ2n) is 7.86. The smallest absolute Gasteiger partial charge is 0.453 e. The van der Waals surface area contributed by atoms with E-state index in [0.717, 1.165) is 0 Å². The summed E-state index contributed by atoms with van der Waals surface area (Å²) in [6, 6.07) is -3.85. The van der Waals surface area contributed by atoms with Crippen molar-refractivity contribution in [2.24, 2.45) is 5.41 Å².